The molecule has 8 nitrogen and oxygen atoms in total. The van der Waals surface area contributed by atoms with E-state index in [2.05, 4.69) is 26.3 Å². The molecule has 152 valence electrons. The lowest BCUT2D eigenvalue weighted by Crippen LogP contribution is -2.30. The lowest BCUT2D eigenvalue weighted by molar-refractivity contribution is 0.0941. The third-order valence-corrected chi connectivity index (χ3v) is 4.59. The number of benzene rings is 1. The molecule has 3 N–H and O–H groups in total. The molecule has 0 unspecified atom stereocenters. The van der Waals surface area contributed by atoms with Crippen molar-refractivity contribution in [1.29, 1.82) is 0 Å². The minimum absolute atomic E-state index is 0. The van der Waals surface area contributed by atoms with Gasteiger partial charge in [-0.15, -0.1) is 17.5 Å². The summed E-state index contributed by atoms with van der Waals surface area (Å²) >= 11 is 0. The highest BCUT2D eigenvalue weighted by molar-refractivity contribution is 6.04. The van der Waals surface area contributed by atoms with E-state index in [9.17, 15) is 9.59 Å². The van der Waals surface area contributed by atoms with Crippen molar-refractivity contribution in [3.63, 3.8) is 0 Å². The van der Waals surface area contributed by atoms with Gasteiger partial charge in [-0.25, -0.2) is 4.68 Å². The molecule has 1 aromatic heterocycles. The lowest BCUT2D eigenvalue weighted by atomic mass is 10.1. The Balaban J connectivity index is 0.00000280. The van der Waals surface area contributed by atoms with E-state index < -0.39 is 0 Å². The Morgan fingerprint density at radius 2 is 1.93 bits per heavy atom. The third kappa shape index (κ3) is 5.30. The fourth-order valence-electron chi connectivity index (χ4n) is 3.11. The molecule has 2 amide bonds. The maximum Gasteiger partial charge on any atom is 0.277 e. The molecule has 28 heavy (non-hydrogen) atoms. The first kappa shape index (κ1) is 21.8. The summed E-state index contributed by atoms with van der Waals surface area (Å²) in [4.78, 5) is 24.8. The number of carbonyl (C=O) groups excluding carboxylic acids is 2. The Kier molecular flexibility index (Phi) is 7.53. The molecule has 2 aromatic rings. The van der Waals surface area contributed by atoms with Crippen LogP contribution in [0.5, 0.6) is 0 Å². The van der Waals surface area contributed by atoms with Gasteiger partial charge in [-0.05, 0) is 64.4 Å². The third-order valence-electron chi connectivity index (χ3n) is 4.59. The van der Waals surface area contributed by atoms with E-state index in [0.717, 1.165) is 31.5 Å². The molecule has 2 heterocycles. The maximum atomic E-state index is 12.5. The molecule has 3 rings (SSSR count). The van der Waals surface area contributed by atoms with Crippen LogP contribution in [0.4, 0.5) is 5.69 Å². The van der Waals surface area contributed by atoms with Crippen LogP contribution in [-0.4, -0.2) is 45.9 Å². The fourth-order valence-corrected chi connectivity index (χ4v) is 3.11. The molecule has 1 aliphatic rings. The minimum Gasteiger partial charge on any atom is -0.350 e. The Labute approximate surface area is 170 Å². The number of anilines is 1. The van der Waals surface area contributed by atoms with Gasteiger partial charge in [0.05, 0.1) is 12.2 Å². The van der Waals surface area contributed by atoms with Crippen molar-refractivity contribution in [2.24, 2.45) is 0 Å². The lowest BCUT2D eigenvalue weighted by Gasteiger charge is -2.22. The zero-order valence-electron chi connectivity index (χ0n) is 16.4. The fraction of sp³-hybridized carbons (Fsp3) is 0.474. The van der Waals surface area contributed by atoms with E-state index in [-0.39, 0.29) is 42.0 Å². The summed E-state index contributed by atoms with van der Waals surface area (Å²) in [6.07, 6.45) is 3.62. The number of hydrogen-bond donors (Lipinski definition) is 3. The number of aryl methyl sites for hydroxylation is 1. The van der Waals surface area contributed by atoms with Gasteiger partial charge in [-0.2, -0.15) is 0 Å². The van der Waals surface area contributed by atoms with E-state index in [4.69, 9.17) is 0 Å². The van der Waals surface area contributed by atoms with Crippen LogP contribution in [0.15, 0.2) is 24.4 Å². The predicted molar refractivity (Wildman–Crippen MR) is 110 cm³/mol. The van der Waals surface area contributed by atoms with E-state index in [1.54, 1.807) is 23.0 Å². The molecule has 1 saturated heterocycles. The summed E-state index contributed by atoms with van der Waals surface area (Å²) in [5.41, 5.74) is 2.21. The smallest absolute Gasteiger partial charge is 0.277 e. The number of hydrogen-bond acceptors (Lipinski definition) is 5. The van der Waals surface area contributed by atoms with Gasteiger partial charge in [-0.3, -0.25) is 9.59 Å². The number of nitrogens with zero attached hydrogens (tertiary/aromatic N) is 3. The number of aromatic nitrogens is 3. The van der Waals surface area contributed by atoms with Crippen LogP contribution in [-0.2, 0) is 0 Å². The summed E-state index contributed by atoms with van der Waals surface area (Å²) in [5, 5.41) is 17.1. The quantitative estimate of drug-likeness (QED) is 0.707. The van der Waals surface area contributed by atoms with Crippen molar-refractivity contribution < 1.29 is 9.59 Å². The molecular formula is C19H27ClN6O2. The van der Waals surface area contributed by atoms with Gasteiger partial charge in [0.1, 0.15) is 0 Å². The molecule has 0 aliphatic carbocycles. The zero-order chi connectivity index (χ0) is 19.4. The number of rotatable bonds is 5. The van der Waals surface area contributed by atoms with Gasteiger partial charge in [0.25, 0.3) is 11.8 Å². The molecule has 1 aliphatic heterocycles. The first-order valence-corrected chi connectivity index (χ1v) is 9.29. The van der Waals surface area contributed by atoms with Crippen molar-refractivity contribution in [3.05, 3.63) is 41.2 Å². The summed E-state index contributed by atoms with van der Waals surface area (Å²) in [5.74, 6) is -0.496. The highest BCUT2D eigenvalue weighted by Gasteiger charge is 2.19. The largest absolute Gasteiger partial charge is 0.350 e. The monoisotopic (exact) mass is 406 g/mol. The molecule has 0 atom stereocenters. The Hall–Kier alpha value is -2.45. The standard InChI is InChI=1S/C19H26N6O2.ClH/c1-12(2)21-18(26)16-10-14(5-4-13(16)3)22-19(27)17-11-25(24-23-17)15-6-8-20-9-7-15;/h4-5,10-12,15,20H,6-9H2,1-3H3,(H,21,26)(H,22,27);1H. The number of halogens is 1. The van der Waals surface area contributed by atoms with E-state index in [1.165, 1.54) is 0 Å². The Morgan fingerprint density at radius 1 is 1.21 bits per heavy atom. The molecule has 0 radical (unpaired) electrons. The minimum atomic E-state index is -0.339. The first-order valence-electron chi connectivity index (χ1n) is 9.29. The second kappa shape index (κ2) is 9.66. The van der Waals surface area contributed by atoms with Crippen LogP contribution in [0.3, 0.4) is 0 Å². The maximum absolute atomic E-state index is 12.5. The molecule has 9 heteroatoms. The van der Waals surface area contributed by atoms with E-state index in [1.807, 2.05) is 26.8 Å². The normalized spacial score (nSPS) is 14.4. The Bertz CT molecular complexity index is 830. The van der Waals surface area contributed by atoms with Crippen LogP contribution >= 0.6 is 12.4 Å². The van der Waals surface area contributed by atoms with Gasteiger partial charge in [0, 0.05) is 17.3 Å². The van der Waals surface area contributed by atoms with Crippen molar-refractivity contribution in [2.45, 2.75) is 45.7 Å². The predicted octanol–water partition coefficient (Wildman–Crippen LogP) is 2.32. The van der Waals surface area contributed by atoms with Crippen molar-refractivity contribution in [3.8, 4) is 0 Å². The van der Waals surface area contributed by atoms with Gasteiger partial charge in [0.2, 0.25) is 0 Å². The molecule has 1 fully saturated rings. The van der Waals surface area contributed by atoms with E-state index in [0.29, 0.717) is 11.3 Å². The first-order chi connectivity index (χ1) is 12.9. The summed E-state index contributed by atoms with van der Waals surface area (Å²) in [7, 11) is 0. The number of nitrogens with one attached hydrogen (secondary N) is 3. The number of piperidine rings is 1. The van der Waals surface area contributed by atoms with Crippen LogP contribution in [0.2, 0.25) is 0 Å². The molecular weight excluding hydrogens is 380 g/mol. The van der Waals surface area contributed by atoms with Gasteiger partial charge >= 0.3 is 0 Å². The van der Waals surface area contributed by atoms with Crippen LogP contribution in [0.25, 0.3) is 0 Å². The molecule has 1 aromatic carbocycles. The van der Waals surface area contributed by atoms with Crippen LogP contribution in [0, 0.1) is 6.92 Å². The number of carbonyl (C=O) groups is 2. The summed E-state index contributed by atoms with van der Waals surface area (Å²) in [6.45, 7) is 7.56. The second-order valence-corrected chi connectivity index (χ2v) is 7.18. The molecule has 0 saturated carbocycles. The average Bonchev–Trinajstić information content (AvgIpc) is 3.14. The zero-order valence-corrected chi connectivity index (χ0v) is 17.2. The van der Waals surface area contributed by atoms with Gasteiger partial charge in [0.15, 0.2) is 5.69 Å². The highest BCUT2D eigenvalue weighted by atomic mass is 35.5. The SMILES string of the molecule is Cc1ccc(NC(=O)c2cn(C3CCNCC3)nn2)cc1C(=O)NC(C)C.Cl. The second-order valence-electron chi connectivity index (χ2n) is 7.18. The average molecular weight is 407 g/mol. The van der Waals surface area contributed by atoms with Gasteiger partial charge < -0.3 is 16.0 Å². The molecule has 0 spiro atoms. The molecule has 0 bridgehead atoms. The van der Waals surface area contributed by atoms with Crippen LogP contribution in [0.1, 0.15) is 59.1 Å². The highest BCUT2D eigenvalue weighted by Crippen LogP contribution is 2.19. The van der Waals surface area contributed by atoms with Crippen molar-refractivity contribution in [1.82, 2.24) is 25.6 Å². The van der Waals surface area contributed by atoms with Crippen LogP contribution < -0.4 is 16.0 Å². The van der Waals surface area contributed by atoms with Gasteiger partial charge in [-0.1, -0.05) is 11.3 Å². The van der Waals surface area contributed by atoms with E-state index >= 15 is 0 Å². The summed E-state index contributed by atoms with van der Waals surface area (Å²) in [6, 6.07) is 5.58. The van der Waals surface area contributed by atoms with Crippen molar-refractivity contribution in [2.75, 3.05) is 18.4 Å². The Morgan fingerprint density at radius 3 is 2.61 bits per heavy atom. The topological polar surface area (TPSA) is 101 Å². The van der Waals surface area contributed by atoms with Crippen molar-refractivity contribution >= 4 is 29.9 Å². The summed E-state index contributed by atoms with van der Waals surface area (Å²) < 4.78 is 1.77. The number of amides is 2.